The monoisotopic (exact) mass is 488 g/mol. The number of thiophene rings is 1. The summed E-state index contributed by atoms with van der Waals surface area (Å²) in [5.41, 5.74) is 2.00. The number of aromatic nitrogens is 1. The van der Waals surface area contributed by atoms with E-state index in [0.717, 1.165) is 20.3 Å². The van der Waals surface area contributed by atoms with Gasteiger partial charge in [-0.05, 0) is 39.7 Å². The minimum Gasteiger partial charge on any atom is -0.361 e. The van der Waals surface area contributed by atoms with E-state index in [2.05, 4.69) is 26.2 Å². The van der Waals surface area contributed by atoms with Crippen LogP contribution in [0.4, 0.5) is 0 Å². The maximum Gasteiger partial charge on any atom is 0.261 e. The molecule has 156 valence electrons. The Morgan fingerprint density at radius 2 is 1.70 bits per heavy atom. The van der Waals surface area contributed by atoms with Crippen LogP contribution in [0.15, 0.2) is 46.4 Å². The number of nitrogens with zero attached hydrogens (tertiary/aromatic N) is 2. The SMILES string of the molecule is O=C(NCC(=O)N1CCN(C(=O)Cc2c[nH]c3ccccc23)CC1)c1ccc(Br)s1. The average molecular weight is 489 g/mol. The fourth-order valence-corrected chi connectivity index (χ4v) is 4.85. The molecule has 0 atom stereocenters. The molecular formula is C21H21BrN4O3S. The molecule has 1 aromatic carbocycles. The number of hydrogen-bond donors (Lipinski definition) is 2. The lowest BCUT2D eigenvalue weighted by atomic mass is 10.1. The number of amides is 3. The standard InChI is InChI=1S/C21H21BrN4O3S/c22-18-6-5-17(30-18)21(29)24-13-20(28)26-9-7-25(8-10-26)19(27)11-14-12-23-16-4-2-1-3-15(14)16/h1-6,12,23H,7-11,13H2,(H,24,29). The number of fused-ring (bicyclic) bond motifs is 1. The van der Waals surface area contributed by atoms with E-state index < -0.39 is 0 Å². The van der Waals surface area contributed by atoms with Gasteiger partial charge in [-0.1, -0.05) is 18.2 Å². The molecule has 4 rings (SSSR count). The van der Waals surface area contributed by atoms with Crippen molar-refractivity contribution in [3.8, 4) is 0 Å². The van der Waals surface area contributed by atoms with Gasteiger partial charge in [0.2, 0.25) is 11.8 Å². The number of hydrogen-bond acceptors (Lipinski definition) is 4. The molecule has 3 heterocycles. The molecule has 9 heteroatoms. The van der Waals surface area contributed by atoms with Crippen molar-refractivity contribution < 1.29 is 14.4 Å². The Bertz CT molecular complexity index is 1080. The number of aromatic amines is 1. The van der Waals surface area contributed by atoms with Crippen LogP contribution < -0.4 is 5.32 Å². The Labute approximate surface area is 186 Å². The molecule has 3 aromatic rings. The van der Waals surface area contributed by atoms with Gasteiger partial charge in [0.05, 0.1) is 21.6 Å². The maximum absolute atomic E-state index is 12.7. The number of piperazine rings is 1. The number of halogens is 1. The summed E-state index contributed by atoms with van der Waals surface area (Å²) in [6, 6.07) is 11.4. The Balaban J connectivity index is 1.25. The van der Waals surface area contributed by atoms with Crippen LogP contribution in [0, 0.1) is 0 Å². The highest BCUT2D eigenvalue weighted by Gasteiger charge is 2.25. The topological polar surface area (TPSA) is 85.5 Å². The predicted octanol–water partition coefficient (Wildman–Crippen LogP) is 2.64. The lowest BCUT2D eigenvalue weighted by Crippen LogP contribution is -2.52. The predicted molar refractivity (Wildman–Crippen MR) is 120 cm³/mol. The molecular weight excluding hydrogens is 468 g/mol. The van der Waals surface area contributed by atoms with Gasteiger partial charge in [-0.15, -0.1) is 11.3 Å². The highest BCUT2D eigenvalue weighted by Crippen LogP contribution is 2.22. The van der Waals surface area contributed by atoms with Crippen LogP contribution in [0.3, 0.4) is 0 Å². The zero-order chi connectivity index (χ0) is 21.1. The van der Waals surface area contributed by atoms with Gasteiger partial charge in [-0.2, -0.15) is 0 Å². The zero-order valence-corrected chi connectivity index (χ0v) is 18.6. The van der Waals surface area contributed by atoms with Crippen molar-refractivity contribution in [3.05, 3.63) is 56.8 Å². The molecule has 3 amide bonds. The lowest BCUT2D eigenvalue weighted by Gasteiger charge is -2.34. The first-order valence-electron chi connectivity index (χ1n) is 9.65. The van der Waals surface area contributed by atoms with Crippen molar-refractivity contribution in [1.82, 2.24) is 20.1 Å². The summed E-state index contributed by atoms with van der Waals surface area (Å²) in [6.45, 7) is 1.90. The molecule has 1 aliphatic heterocycles. The first-order chi connectivity index (χ1) is 14.5. The van der Waals surface area contributed by atoms with Crippen LogP contribution in [0.2, 0.25) is 0 Å². The number of nitrogens with one attached hydrogen (secondary N) is 2. The van der Waals surface area contributed by atoms with Crippen LogP contribution in [0.1, 0.15) is 15.2 Å². The van der Waals surface area contributed by atoms with E-state index in [4.69, 9.17) is 0 Å². The van der Waals surface area contributed by atoms with E-state index in [9.17, 15) is 14.4 Å². The van der Waals surface area contributed by atoms with E-state index >= 15 is 0 Å². The van der Waals surface area contributed by atoms with Crippen LogP contribution in [0.25, 0.3) is 10.9 Å². The molecule has 30 heavy (non-hydrogen) atoms. The third kappa shape index (κ3) is 4.57. The van der Waals surface area contributed by atoms with Gasteiger partial charge in [0.25, 0.3) is 5.91 Å². The number of para-hydroxylation sites is 1. The highest BCUT2D eigenvalue weighted by atomic mass is 79.9. The van der Waals surface area contributed by atoms with Gasteiger partial charge in [0.15, 0.2) is 0 Å². The Kier molecular flexibility index (Phi) is 6.19. The van der Waals surface area contributed by atoms with Gasteiger partial charge in [0.1, 0.15) is 0 Å². The average Bonchev–Trinajstić information content (AvgIpc) is 3.38. The van der Waals surface area contributed by atoms with Gasteiger partial charge in [-0.3, -0.25) is 14.4 Å². The molecule has 7 nitrogen and oxygen atoms in total. The van der Waals surface area contributed by atoms with Crippen molar-refractivity contribution in [3.63, 3.8) is 0 Å². The van der Waals surface area contributed by atoms with E-state index in [-0.39, 0.29) is 24.3 Å². The molecule has 1 fully saturated rings. The summed E-state index contributed by atoms with van der Waals surface area (Å²) < 4.78 is 0.868. The third-order valence-electron chi connectivity index (χ3n) is 5.20. The number of rotatable bonds is 5. The Morgan fingerprint density at radius 1 is 1.00 bits per heavy atom. The number of carbonyl (C=O) groups is 3. The molecule has 1 saturated heterocycles. The number of H-pyrrole nitrogens is 1. The lowest BCUT2D eigenvalue weighted by molar-refractivity contribution is -0.138. The fourth-order valence-electron chi connectivity index (χ4n) is 3.55. The van der Waals surface area contributed by atoms with Gasteiger partial charge >= 0.3 is 0 Å². The summed E-state index contributed by atoms with van der Waals surface area (Å²) in [7, 11) is 0. The normalized spacial score (nSPS) is 14.2. The Morgan fingerprint density at radius 3 is 2.40 bits per heavy atom. The second kappa shape index (κ2) is 9.01. The highest BCUT2D eigenvalue weighted by molar-refractivity contribution is 9.11. The summed E-state index contributed by atoms with van der Waals surface area (Å²) in [4.78, 5) is 44.5. The van der Waals surface area contributed by atoms with Crippen molar-refractivity contribution in [2.24, 2.45) is 0 Å². The van der Waals surface area contributed by atoms with Crippen LogP contribution in [-0.2, 0) is 16.0 Å². The first-order valence-corrected chi connectivity index (χ1v) is 11.3. The molecule has 2 N–H and O–H groups in total. The van der Waals surface area contributed by atoms with Crippen molar-refractivity contribution in [2.75, 3.05) is 32.7 Å². The van der Waals surface area contributed by atoms with Crippen LogP contribution in [0.5, 0.6) is 0 Å². The van der Waals surface area contributed by atoms with Gasteiger partial charge in [-0.25, -0.2) is 0 Å². The minimum absolute atomic E-state index is 0.0440. The number of carbonyl (C=O) groups excluding carboxylic acids is 3. The molecule has 0 saturated carbocycles. The van der Waals surface area contributed by atoms with Crippen LogP contribution >= 0.6 is 27.3 Å². The molecule has 0 bridgehead atoms. The van der Waals surface area contributed by atoms with E-state index in [1.54, 1.807) is 21.9 Å². The summed E-state index contributed by atoms with van der Waals surface area (Å²) >= 11 is 4.64. The summed E-state index contributed by atoms with van der Waals surface area (Å²) in [5.74, 6) is -0.335. The first kappa shape index (κ1) is 20.6. The molecule has 1 aliphatic rings. The molecule has 0 radical (unpaired) electrons. The smallest absolute Gasteiger partial charge is 0.261 e. The zero-order valence-electron chi connectivity index (χ0n) is 16.2. The van der Waals surface area contributed by atoms with Crippen molar-refractivity contribution in [1.29, 1.82) is 0 Å². The van der Waals surface area contributed by atoms with Crippen molar-refractivity contribution >= 4 is 55.9 Å². The fraction of sp³-hybridized carbons (Fsp3) is 0.286. The second-order valence-electron chi connectivity index (χ2n) is 7.08. The van der Waals surface area contributed by atoms with E-state index in [1.807, 2.05) is 30.5 Å². The number of benzene rings is 1. The Hall–Kier alpha value is -2.65. The van der Waals surface area contributed by atoms with Crippen LogP contribution in [-0.4, -0.2) is 65.2 Å². The second-order valence-corrected chi connectivity index (χ2v) is 9.55. The maximum atomic E-state index is 12.7. The minimum atomic E-state index is -0.258. The van der Waals surface area contributed by atoms with E-state index in [0.29, 0.717) is 37.5 Å². The largest absolute Gasteiger partial charge is 0.361 e. The third-order valence-corrected chi connectivity index (χ3v) is 6.82. The van der Waals surface area contributed by atoms with E-state index in [1.165, 1.54) is 11.3 Å². The van der Waals surface area contributed by atoms with Crippen molar-refractivity contribution in [2.45, 2.75) is 6.42 Å². The molecule has 0 unspecified atom stereocenters. The molecule has 0 spiro atoms. The molecule has 2 aromatic heterocycles. The van der Waals surface area contributed by atoms with Gasteiger partial charge < -0.3 is 20.1 Å². The summed E-state index contributed by atoms with van der Waals surface area (Å²) in [6.07, 6.45) is 2.22. The molecule has 0 aliphatic carbocycles. The van der Waals surface area contributed by atoms with Gasteiger partial charge in [0, 0.05) is 43.3 Å². The summed E-state index contributed by atoms with van der Waals surface area (Å²) in [5, 5.41) is 3.73. The quantitative estimate of drug-likeness (QED) is 0.578.